The van der Waals surface area contributed by atoms with Crippen LogP contribution in [0.5, 0.6) is 0 Å². The van der Waals surface area contributed by atoms with E-state index in [1.54, 1.807) is 0 Å². The number of aromatic nitrogens is 2. The summed E-state index contributed by atoms with van der Waals surface area (Å²) in [4.78, 5) is 19.4. The molecule has 0 aromatic carbocycles. The van der Waals surface area contributed by atoms with Crippen LogP contribution in [-0.2, 0) is 12.8 Å². The lowest BCUT2D eigenvalue weighted by atomic mass is 10.1. The highest BCUT2D eigenvalue weighted by molar-refractivity contribution is 5.33. The maximum Gasteiger partial charge on any atom is 0.255 e. The predicted molar refractivity (Wildman–Crippen MR) is 72.0 cm³/mol. The van der Waals surface area contributed by atoms with Crippen molar-refractivity contribution >= 4 is 5.95 Å². The maximum absolute atomic E-state index is 11.9. The van der Waals surface area contributed by atoms with Crippen LogP contribution in [0.2, 0.25) is 0 Å². The molecule has 4 heteroatoms. The summed E-state index contributed by atoms with van der Waals surface area (Å²) in [5.41, 5.74) is 1.98. The van der Waals surface area contributed by atoms with E-state index in [1.807, 2.05) is 0 Å². The van der Waals surface area contributed by atoms with Gasteiger partial charge in [0.15, 0.2) is 0 Å². The predicted octanol–water partition coefficient (Wildman–Crippen LogP) is 2.39. The number of anilines is 1. The number of rotatable bonds is 2. The summed E-state index contributed by atoms with van der Waals surface area (Å²) in [5, 5.41) is 3.42. The van der Waals surface area contributed by atoms with Gasteiger partial charge in [-0.1, -0.05) is 25.7 Å². The Morgan fingerprint density at radius 3 is 2.61 bits per heavy atom. The summed E-state index contributed by atoms with van der Waals surface area (Å²) in [6.45, 7) is 0. The number of aromatic amines is 1. The molecule has 1 aromatic heterocycles. The molecule has 2 N–H and O–H groups in total. The highest BCUT2D eigenvalue weighted by Gasteiger charge is 2.18. The molecule has 18 heavy (non-hydrogen) atoms. The van der Waals surface area contributed by atoms with Crippen molar-refractivity contribution < 1.29 is 0 Å². The third kappa shape index (κ3) is 2.42. The molecule has 0 unspecified atom stereocenters. The van der Waals surface area contributed by atoms with Crippen molar-refractivity contribution in [3.8, 4) is 0 Å². The molecule has 1 heterocycles. The van der Waals surface area contributed by atoms with Crippen LogP contribution in [0.3, 0.4) is 0 Å². The molecule has 2 aliphatic rings. The van der Waals surface area contributed by atoms with Gasteiger partial charge in [-0.3, -0.25) is 9.78 Å². The van der Waals surface area contributed by atoms with Gasteiger partial charge in [0.1, 0.15) is 0 Å². The number of fused-ring (bicyclic) bond motifs is 1. The van der Waals surface area contributed by atoms with E-state index in [0.717, 1.165) is 30.5 Å². The zero-order chi connectivity index (χ0) is 12.4. The molecular formula is C14H21N3O. The van der Waals surface area contributed by atoms with E-state index in [0.29, 0.717) is 12.0 Å². The number of H-pyrrole nitrogens is 1. The highest BCUT2D eigenvalue weighted by atomic mass is 16.1. The van der Waals surface area contributed by atoms with Crippen LogP contribution in [0.4, 0.5) is 5.95 Å². The second-order valence-corrected chi connectivity index (χ2v) is 5.53. The van der Waals surface area contributed by atoms with Gasteiger partial charge in [0, 0.05) is 11.6 Å². The Bertz CT molecular complexity index is 472. The maximum atomic E-state index is 11.9. The molecule has 2 aliphatic carbocycles. The molecule has 4 nitrogen and oxygen atoms in total. The molecule has 0 saturated heterocycles. The van der Waals surface area contributed by atoms with Gasteiger partial charge in [0.2, 0.25) is 5.95 Å². The van der Waals surface area contributed by atoms with Gasteiger partial charge >= 0.3 is 0 Å². The topological polar surface area (TPSA) is 57.8 Å². The van der Waals surface area contributed by atoms with Gasteiger partial charge < -0.3 is 5.32 Å². The van der Waals surface area contributed by atoms with E-state index in [9.17, 15) is 4.79 Å². The van der Waals surface area contributed by atoms with Crippen LogP contribution in [0.15, 0.2) is 4.79 Å². The minimum atomic E-state index is 0.0635. The van der Waals surface area contributed by atoms with Crippen molar-refractivity contribution in [1.29, 1.82) is 0 Å². The quantitative estimate of drug-likeness (QED) is 0.789. The van der Waals surface area contributed by atoms with Crippen LogP contribution >= 0.6 is 0 Å². The summed E-state index contributed by atoms with van der Waals surface area (Å²) in [6.07, 6.45) is 10.6. The lowest BCUT2D eigenvalue weighted by Crippen LogP contribution is -2.24. The van der Waals surface area contributed by atoms with E-state index in [1.165, 1.54) is 38.5 Å². The molecule has 1 saturated carbocycles. The van der Waals surface area contributed by atoms with Crippen molar-refractivity contribution in [3.05, 3.63) is 21.6 Å². The lowest BCUT2D eigenvalue weighted by Gasteiger charge is -2.16. The zero-order valence-electron chi connectivity index (χ0n) is 10.8. The normalized spacial score (nSPS) is 20.4. The fourth-order valence-electron chi connectivity index (χ4n) is 3.13. The monoisotopic (exact) mass is 247 g/mol. The Morgan fingerprint density at radius 2 is 1.83 bits per heavy atom. The van der Waals surface area contributed by atoms with Gasteiger partial charge in [-0.2, -0.15) is 0 Å². The summed E-state index contributed by atoms with van der Waals surface area (Å²) in [6, 6.07) is 0.482. The van der Waals surface area contributed by atoms with Crippen molar-refractivity contribution in [2.24, 2.45) is 0 Å². The van der Waals surface area contributed by atoms with Crippen molar-refractivity contribution in [1.82, 2.24) is 9.97 Å². The van der Waals surface area contributed by atoms with Gasteiger partial charge in [-0.25, -0.2) is 4.98 Å². The molecule has 0 spiro atoms. The summed E-state index contributed by atoms with van der Waals surface area (Å²) < 4.78 is 0. The number of hydrogen-bond donors (Lipinski definition) is 2. The van der Waals surface area contributed by atoms with Gasteiger partial charge in [0.05, 0.1) is 5.69 Å². The second kappa shape index (κ2) is 5.12. The summed E-state index contributed by atoms with van der Waals surface area (Å²) >= 11 is 0. The fourth-order valence-corrected chi connectivity index (χ4v) is 3.13. The minimum absolute atomic E-state index is 0.0635. The van der Waals surface area contributed by atoms with Gasteiger partial charge in [-0.15, -0.1) is 0 Å². The van der Waals surface area contributed by atoms with E-state index < -0.39 is 0 Å². The first-order chi connectivity index (χ1) is 8.83. The molecule has 1 aromatic rings. The molecule has 3 rings (SSSR count). The van der Waals surface area contributed by atoms with E-state index >= 15 is 0 Å². The first kappa shape index (κ1) is 11.8. The summed E-state index contributed by atoms with van der Waals surface area (Å²) in [5.74, 6) is 0.688. The van der Waals surface area contributed by atoms with Crippen LogP contribution in [0.25, 0.3) is 0 Å². The molecule has 0 radical (unpaired) electrons. The average molecular weight is 247 g/mol. The van der Waals surface area contributed by atoms with Crippen LogP contribution in [0.1, 0.15) is 56.2 Å². The highest BCUT2D eigenvalue weighted by Crippen LogP contribution is 2.21. The van der Waals surface area contributed by atoms with E-state index in [4.69, 9.17) is 0 Å². The van der Waals surface area contributed by atoms with Crippen LogP contribution < -0.4 is 10.9 Å². The van der Waals surface area contributed by atoms with Gasteiger partial charge in [-0.05, 0) is 32.1 Å². The molecule has 0 aliphatic heterocycles. The van der Waals surface area contributed by atoms with Crippen molar-refractivity contribution in [3.63, 3.8) is 0 Å². The van der Waals surface area contributed by atoms with Crippen LogP contribution in [-0.4, -0.2) is 16.0 Å². The van der Waals surface area contributed by atoms with Gasteiger partial charge in [0.25, 0.3) is 5.56 Å². The first-order valence-corrected chi connectivity index (χ1v) is 7.21. The SMILES string of the molecule is O=c1[nH]c(NC2CCCCCC2)nc2c1CCC2. The zero-order valence-corrected chi connectivity index (χ0v) is 10.8. The Hall–Kier alpha value is -1.32. The molecule has 1 fully saturated rings. The summed E-state index contributed by atoms with van der Waals surface area (Å²) in [7, 11) is 0. The van der Waals surface area contributed by atoms with Crippen LogP contribution in [0, 0.1) is 0 Å². The molecule has 0 atom stereocenters. The Morgan fingerprint density at radius 1 is 1.06 bits per heavy atom. The minimum Gasteiger partial charge on any atom is -0.353 e. The number of nitrogens with zero attached hydrogens (tertiary/aromatic N) is 1. The Labute approximate surface area is 107 Å². The fraction of sp³-hybridized carbons (Fsp3) is 0.714. The third-order valence-electron chi connectivity index (χ3n) is 4.14. The van der Waals surface area contributed by atoms with Crippen molar-refractivity contribution in [2.45, 2.75) is 63.8 Å². The Balaban J connectivity index is 1.76. The number of nitrogens with one attached hydrogen (secondary N) is 2. The average Bonchev–Trinajstić information content (AvgIpc) is 2.68. The third-order valence-corrected chi connectivity index (χ3v) is 4.14. The largest absolute Gasteiger partial charge is 0.353 e. The first-order valence-electron chi connectivity index (χ1n) is 7.21. The van der Waals surface area contributed by atoms with E-state index in [-0.39, 0.29) is 5.56 Å². The van der Waals surface area contributed by atoms with Crippen molar-refractivity contribution in [2.75, 3.05) is 5.32 Å². The molecule has 0 amide bonds. The number of hydrogen-bond acceptors (Lipinski definition) is 3. The second-order valence-electron chi connectivity index (χ2n) is 5.53. The number of aryl methyl sites for hydroxylation is 1. The standard InChI is InChI=1S/C14H21N3O/c18-13-11-8-5-9-12(11)16-14(17-13)15-10-6-3-1-2-4-7-10/h10H,1-9H2,(H2,15,16,17,18). The molecule has 98 valence electrons. The smallest absolute Gasteiger partial charge is 0.255 e. The molecular weight excluding hydrogens is 226 g/mol. The Kier molecular flexibility index (Phi) is 3.35. The lowest BCUT2D eigenvalue weighted by molar-refractivity contribution is 0.614. The van der Waals surface area contributed by atoms with E-state index in [2.05, 4.69) is 15.3 Å². The molecule has 0 bridgehead atoms.